The van der Waals surface area contributed by atoms with Crippen molar-refractivity contribution in [2.24, 2.45) is 7.05 Å². The summed E-state index contributed by atoms with van der Waals surface area (Å²) in [6, 6.07) is 16.1. The van der Waals surface area contributed by atoms with E-state index in [0.717, 1.165) is 5.56 Å². The number of anilines is 1. The first-order valence-corrected chi connectivity index (χ1v) is 8.84. The zero-order valence-electron chi connectivity index (χ0n) is 14.0. The van der Waals surface area contributed by atoms with E-state index in [1.54, 1.807) is 36.3 Å². The number of fused-ring (bicyclic) bond motifs is 1. The van der Waals surface area contributed by atoms with Crippen LogP contribution in [0, 0.1) is 5.82 Å². The molecule has 26 heavy (non-hydrogen) atoms. The van der Waals surface area contributed by atoms with E-state index in [2.05, 4.69) is 10.1 Å². The summed E-state index contributed by atoms with van der Waals surface area (Å²) in [5.74, 6) is -0.619. The summed E-state index contributed by atoms with van der Waals surface area (Å²) in [7, 11) is 1.71. The quantitative estimate of drug-likeness (QED) is 0.548. The minimum absolute atomic E-state index is 0.228. The average molecular weight is 366 g/mol. The molecule has 1 amide bonds. The van der Waals surface area contributed by atoms with Crippen molar-refractivity contribution in [1.29, 1.82) is 0 Å². The lowest BCUT2D eigenvalue weighted by molar-refractivity contribution is 0.0976. The normalized spacial score (nSPS) is 11.0. The van der Waals surface area contributed by atoms with Gasteiger partial charge in [-0.1, -0.05) is 47.7 Å². The van der Waals surface area contributed by atoms with Crippen LogP contribution in [-0.4, -0.2) is 20.7 Å². The van der Waals surface area contributed by atoms with Gasteiger partial charge in [0, 0.05) is 13.2 Å². The number of hydrogen-bond donors (Lipinski definition) is 0. The smallest absolute Gasteiger partial charge is 0.278 e. The van der Waals surface area contributed by atoms with Crippen LogP contribution in [0.3, 0.4) is 0 Å². The summed E-state index contributed by atoms with van der Waals surface area (Å²) in [6.45, 7) is 0.340. The summed E-state index contributed by atoms with van der Waals surface area (Å²) in [6.07, 6.45) is 1.58. The Labute approximate surface area is 153 Å². The van der Waals surface area contributed by atoms with Crippen molar-refractivity contribution >= 4 is 32.6 Å². The van der Waals surface area contributed by atoms with E-state index in [0.29, 0.717) is 22.1 Å². The van der Waals surface area contributed by atoms with E-state index in [9.17, 15) is 9.18 Å². The second kappa shape index (κ2) is 6.68. The van der Waals surface area contributed by atoms with Gasteiger partial charge in [0.1, 0.15) is 17.0 Å². The molecule has 0 unspecified atom stereocenters. The predicted octanol–water partition coefficient (Wildman–Crippen LogP) is 4.02. The van der Waals surface area contributed by atoms with Gasteiger partial charge in [-0.25, -0.2) is 9.37 Å². The largest absolute Gasteiger partial charge is 0.278 e. The Morgan fingerprint density at radius 3 is 2.65 bits per heavy atom. The van der Waals surface area contributed by atoms with E-state index in [1.807, 2.05) is 30.3 Å². The minimum atomic E-state index is -0.391. The number of amides is 1. The molecule has 0 aliphatic rings. The van der Waals surface area contributed by atoms with Gasteiger partial charge in [-0.15, -0.1) is 0 Å². The van der Waals surface area contributed by atoms with Crippen molar-refractivity contribution in [3.8, 4) is 0 Å². The van der Waals surface area contributed by atoms with Crippen LogP contribution in [-0.2, 0) is 13.6 Å². The highest BCUT2D eigenvalue weighted by molar-refractivity contribution is 7.22. The summed E-state index contributed by atoms with van der Waals surface area (Å²) in [5.41, 5.74) is 1.69. The van der Waals surface area contributed by atoms with Crippen molar-refractivity contribution in [3.63, 3.8) is 0 Å². The molecule has 0 aliphatic heterocycles. The highest BCUT2D eigenvalue weighted by Crippen LogP contribution is 2.32. The Bertz CT molecular complexity index is 1070. The highest BCUT2D eigenvalue weighted by Gasteiger charge is 2.24. The molecule has 130 valence electrons. The molecule has 0 fully saturated rings. The van der Waals surface area contributed by atoms with Crippen LogP contribution in [0.5, 0.6) is 0 Å². The van der Waals surface area contributed by atoms with Gasteiger partial charge in [-0.2, -0.15) is 5.10 Å². The third kappa shape index (κ3) is 2.97. The number of aryl methyl sites for hydroxylation is 1. The number of halogens is 1. The molecule has 0 saturated heterocycles. The van der Waals surface area contributed by atoms with Crippen molar-refractivity contribution < 1.29 is 9.18 Å². The van der Waals surface area contributed by atoms with Gasteiger partial charge in [-0.3, -0.25) is 14.4 Å². The first-order valence-electron chi connectivity index (χ1n) is 8.02. The SMILES string of the molecule is Cn1nccc1C(=O)N(Cc1ccccc1)c1nc2c(F)cccc2s1. The summed E-state index contributed by atoms with van der Waals surface area (Å²) >= 11 is 1.29. The first kappa shape index (κ1) is 16.4. The van der Waals surface area contributed by atoms with E-state index >= 15 is 0 Å². The Balaban J connectivity index is 1.80. The number of thiazole rings is 1. The molecule has 4 rings (SSSR count). The summed E-state index contributed by atoms with van der Waals surface area (Å²) < 4.78 is 16.3. The van der Waals surface area contributed by atoms with Gasteiger partial charge in [0.15, 0.2) is 5.13 Å². The highest BCUT2D eigenvalue weighted by atomic mass is 32.1. The van der Waals surface area contributed by atoms with Crippen LogP contribution in [0.4, 0.5) is 9.52 Å². The van der Waals surface area contributed by atoms with Crippen molar-refractivity contribution in [1.82, 2.24) is 14.8 Å². The van der Waals surface area contributed by atoms with Gasteiger partial charge in [0.25, 0.3) is 5.91 Å². The fourth-order valence-electron chi connectivity index (χ4n) is 2.73. The molecule has 2 aromatic carbocycles. The average Bonchev–Trinajstić information content (AvgIpc) is 3.27. The van der Waals surface area contributed by atoms with Gasteiger partial charge in [0.2, 0.25) is 0 Å². The lowest BCUT2D eigenvalue weighted by atomic mass is 10.2. The molecule has 0 spiro atoms. The molecule has 0 atom stereocenters. The zero-order chi connectivity index (χ0) is 18.1. The number of aromatic nitrogens is 3. The number of rotatable bonds is 4. The number of carbonyl (C=O) groups excluding carboxylic acids is 1. The van der Waals surface area contributed by atoms with Gasteiger partial charge < -0.3 is 0 Å². The summed E-state index contributed by atoms with van der Waals surface area (Å²) in [5, 5.41) is 4.53. The molecular formula is C19H15FN4OS. The van der Waals surface area contributed by atoms with Gasteiger partial charge >= 0.3 is 0 Å². The molecule has 0 saturated carbocycles. The molecule has 0 N–H and O–H groups in total. The van der Waals surface area contributed by atoms with Crippen LogP contribution >= 0.6 is 11.3 Å². The van der Waals surface area contributed by atoms with Crippen LogP contribution in [0.1, 0.15) is 16.1 Å². The first-order chi connectivity index (χ1) is 12.6. The van der Waals surface area contributed by atoms with E-state index in [1.165, 1.54) is 22.1 Å². The molecule has 0 radical (unpaired) electrons. The molecule has 7 heteroatoms. The maximum absolute atomic E-state index is 14.1. The van der Waals surface area contributed by atoms with E-state index in [4.69, 9.17) is 0 Å². The second-order valence-electron chi connectivity index (χ2n) is 5.80. The lowest BCUT2D eigenvalue weighted by Gasteiger charge is -2.20. The number of para-hydroxylation sites is 1. The number of hydrogen-bond acceptors (Lipinski definition) is 4. The van der Waals surface area contributed by atoms with Crippen LogP contribution < -0.4 is 4.90 Å². The fraction of sp³-hybridized carbons (Fsp3) is 0.105. The Morgan fingerprint density at radius 1 is 1.15 bits per heavy atom. The molecular weight excluding hydrogens is 351 g/mol. The van der Waals surface area contributed by atoms with Crippen LogP contribution in [0.25, 0.3) is 10.2 Å². The number of benzene rings is 2. The molecule has 2 heterocycles. The zero-order valence-corrected chi connectivity index (χ0v) is 14.8. The van der Waals surface area contributed by atoms with E-state index < -0.39 is 5.82 Å². The standard InChI is InChI=1S/C19H15FN4OS/c1-23-15(10-11-21-23)18(25)24(12-13-6-3-2-4-7-13)19-22-17-14(20)8-5-9-16(17)26-19/h2-11H,12H2,1H3. The van der Waals surface area contributed by atoms with Crippen LogP contribution in [0.15, 0.2) is 60.8 Å². The Kier molecular flexibility index (Phi) is 4.22. The topological polar surface area (TPSA) is 51.0 Å². The summed E-state index contributed by atoms with van der Waals surface area (Å²) in [4.78, 5) is 19.1. The van der Waals surface area contributed by atoms with Crippen LogP contribution in [0.2, 0.25) is 0 Å². The predicted molar refractivity (Wildman–Crippen MR) is 99.7 cm³/mol. The minimum Gasteiger partial charge on any atom is -0.278 e. The number of nitrogens with zero attached hydrogens (tertiary/aromatic N) is 4. The molecule has 2 aromatic heterocycles. The third-order valence-electron chi connectivity index (χ3n) is 4.06. The maximum Gasteiger partial charge on any atom is 0.278 e. The van der Waals surface area contributed by atoms with Gasteiger partial charge in [0.05, 0.1) is 11.2 Å². The molecule has 0 bridgehead atoms. The maximum atomic E-state index is 14.1. The fourth-order valence-corrected chi connectivity index (χ4v) is 3.71. The van der Waals surface area contributed by atoms with Gasteiger partial charge in [-0.05, 0) is 23.8 Å². The Hall–Kier alpha value is -3.06. The second-order valence-corrected chi connectivity index (χ2v) is 6.81. The Morgan fingerprint density at radius 2 is 1.96 bits per heavy atom. The molecule has 5 nitrogen and oxygen atoms in total. The van der Waals surface area contributed by atoms with Crippen molar-refractivity contribution in [2.45, 2.75) is 6.54 Å². The monoisotopic (exact) mass is 366 g/mol. The molecule has 4 aromatic rings. The lowest BCUT2D eigenvalue weighted by Crippen LogP contribution is -2.31. The van der Waals surface area contributed by atoms with Crippen molar-refractivity contribution in [3.05, 3.63) is 77.9 Å². The van der Waals surface area contributed by atoms with E-state index in [-0.39, 0.29) is 11.4 Å². The molecule has 0 aliphatic carbocycles. The number of carbonyl (C=O) groups is 1. The van der Waals surface area contributed by atoms with Crippen molar-refractivity contribution in [2.75, 3.05) is 4.90 Å². The third-order valence-corrected chi connectivity index (χ3v) is 5.10.